The van der Waals surface area contributed by atoms with Crippen LogP contribution in [-0.4, -0.2) is 0 Å². The van der Waals surface area contributed by atoms with E-state index in [0.717, 1.165) is 24.3 Å². The highest BCUT2D eigenvalue weighted by atomic mass is 19.2. The Morgan fingerprint density at radius 2 is 0.889 bits per heavy atom. The lowest BCUT2D eigenvalue weighted by Crippen LogP contribution is -2.06. The normalized spacial score (nSPS) is 15.0. The second kappa shape index (κ2) is 11.3. The highest BCUT2D eigenvalue weighted by Gasteiger charge is 2.42. The van der Waals surface area contributed by atoms with E-state index >= 15 is 0 Å². The Kier molecular flexibility index (Phi) is 7.93. The summed E-state index contributed by atoms with van der Waals surface area (Å²) in [5.41, 5.74) is -15.8. The van der Waals surface area contributed by atoms with Gasteiger partial charge < -0.3 is 0 Å². The van der Waals surface area contributed by atoms with Gasteiger partial charge in [0.05, 0.1) is 22.3 Å². The minimum absolute atomic E-state index is 0.0759. The van der Waals surface area contributed by atoms with Crippen LogP contribution in [0.5, 0.6) is 0 Å². The van der Waals surface area contributed by atoms with Gasteiger partial charge in [-0.05, 0) is 17.7 Å². The number of rotatable bonds is 3. The fourth-order valence-corrected chi connectivity index (χ4v) is 4.20. The van der Waals surface area contributed by atoms with Crippen molar-refractivity contribution in [3.05, 3.63) is 120 Å². The molecule has 4 rings (SSSR count). The third-order valence-electron chi connectivity index (χ3n) is 6.31. The molecule has 0 spiro atoms. The summed E-state index contributed by atoms with van der Waals surface area (Å²) in [5, 5.41) is 45.9. The highest BCUT2D eigenvalue weighted by Crippen LogP contribution is 2.55. The van der Waals surface area contributed by atoms with Crippen molar-refractivity contribution in [3.8, 4) is 30.3 Å². The molecule has 0 heterocycles. The summed E-state index contributed by atoms with van der Waals surface area (Å²) in [5.74, 6) is -24.5. The van der Waals surface area contributed by atoms with Crippen molar-refractivity contribution in [2.75, 3.05) is 0 Å². The number of hydrogen-bond donors (Lipinski definition) is 0. The van der Waals surface area contributed by atoms with E-state index in [4.69, 9.17) is 15.8 Å². The van der Waals surface area contributed by atoms with Crippen molar-refractivity contribution in [1.29, 1.82) is 26.3 Å². The lowest BCUT2D eigenvalue weighted by molar-refractivity contribution is 0.447. The molecular formula is C29H2F11N5. The highest BCUT2D eigenvalue weighted by molar-refractivity contribution is 6.08. The molecule has 0 atom stereocenters. The summed E-state index contributed by atoms with van der Waals surface area (Å²) in [6.07, 6.45) is 0.0811. The number of hydrogen-bond acceptors (Lipinski definition) is 5. The van der Waals surface area contributed by atoms with Crippen LogP contribution in [0.2, 0.25) is 0 Å². The van der Waals surface area contributed by atoms with Gasteiger partial charge in [-0.2, -0.15) is 26.3 Å². The Labute approximate surface area is 242 Å². The minimum atomic E-state index is -2.38. The Morgan fingerprint density at radius 3 is 1.31 bits per heavy atom. The van der Waals surface area contributed by atoms with Crippen LogP contribution in [0.4, 0.5) is 48.3 Å². The first-order valence-corrected chi connectivity index (χ1v) is 11.4. The summed E-state index contributed by atoms with van der Waals surface area (Å²) in [7, 11) is 0. The maximum absolute atomic E-state index is 14.9. The molecule has 0 aliphatic heterocycles. The molecule has 0 unspecified atom stereocenters. The molecule has 3 aromatic carbocycles. The van der Waals surface area contributed by atoms with Gasteiger partial charge in [-0.25, -0.2) is 48.3 Å². The fraction of sp³-hybridized carbons (Fsp3) is 0. The lowest BCUT2D eigenvalue weighted by Gasteiger charge is -2.07. The maximum atomic E-state index is 14.9. The van der Waals surface area contributed by atoms with E-state index in [1.54, 1.807) is 0 Å². The molecule has 0 bridgehead atoms. The topological polar surface area (TPSA) is 119 Å². The predicted octanol–water partition coefficient (Wildman–Crippen LogP) is 7.18. The van der Waals surface area contributed by atoms with Crippen LogP contribution in [-0.2, 0) is 0 Å². The molecule has 1 aliphatic rings. The second-order valence-electron chi connectivity index (χ2n) is 8.58. The van der Waals surface area contributed by atoms with E-state index < -0.39 is 125 Å². The molecule has 3 aromatic rings. The molecule has 0 N–H and O–H groups in total. The van der Waals surface area contributed by atoms with E-state index in [-0.39, 0.29) is 12.1 Å². The molecule has 0 saturated heterocycles. The molecule has 1 saturated carbocycles. The maximum Gasteiger partial charge on any atom is 0.180 e. The molecule has 5 nitrogen and oxygen atoms in total. The van der Waals surface area contributed by atoms with Gasteiger partial charge in [0.2, 0.25) is 0 Å². The monoisotopic (exact) mass is 629 g/mol. The zero-order valence-corrected chi connectivity index (χ0v) is 21.0. The molecule has 220 valence electrons. The summed E-state index contributed by atoms with van der Waals surface area (Å²) in [6, 6.07) is 5.04. The standard InChI is InChI=1S/C29H2F11N5/c30-16-2-8(20(31)23(34)12(16)4-42)11(3-41)17-9(1-10-21(32)24(35)14(6-44)25(36)22(10)33)18(17)13(5-43)19-28(39)26(37)15(7-45)27(38)29(19)40/h1-2H/b9-1-,17-11+,18-13-. The smallest absolute Gasteiger partial charge is 0.180 e. The van der Waals surface area contributed by atoms with Crippen LogP contribution in [0.1, 0.15) is 33.4 Å². The van der Waals surface area contributed by atoms with Crippen LogP contribution in [0.15, 0.2) is 22.8 Å². The van der Waals surface area contributed by atoms with Crippen LogP contribution in [0.25, 0.3) is 17.2 Å². The van der Waals surface area contributed by atoms with Gasteiger partial charge in [0, 0.05) is 16.7 Å². The molecule has 1 fully saturated rings. The van der Waals surface area contributed by atoms with E-state index in [2.05, 4.69) is 0 Å². The number of nitriles is 5. The Bertz CT molecular complexity index is 2170. The first kappa shape index (κ1) is 31.5. The number of benzene rings is 3. The van der Waals surface area contributed by atoms with Gasteiger partial charge in [0.15, 0.2) is 58.2 Å². The van der Waals surface area contributed by atoms with Gasteiger partial charge in [-0.3, -0.25) is 0 Å². The Balaban J connectivity index is 2.24. The van der Waals surface area contributed by atoms with Crippen molar-refractivity contribution in [2.45, 2.75) is 0 Å². The van der Waals surface area contributed by atoms with Crippen molar-refractivity contribution in [1.82, 2.24) is 0 Å². The number of allylic oxidation sites excluding steroid dienone is 5. The zero-order valence-electron chi connectivity index (χ0n) is 21.0. The van der Waals surface area contributed by atoms with Gasteiger partial charge in [-0.1, -0.05) is 0 Å². The first-order valence-electron chi connectivity index (χ1n) is 11.4. The second-order valence-corrected chi connectivity index (χ2v) is 8.58. The molecule has 16 heteroatoms. The molecule has 1 aliphatic carbocycles. The Morgan fingerprint density at radius 1 is 0.489 bits per heavy atom. The van der Waals surface area contributed by atoms with Gasteiger partial charge >= 0.3 is 0 Å². The summed E-state index contributed by atoms with van der Waals surface area (Å²) in [6.45, 7) is 0. The van der Waals surface area contributed by atoms with Crippen LogP contribution < -0.4 is 0 Å². The first-order chi connectivity index (χ1) is 21.2. The molecular weight excluding hydrogens is 627 g/mol. The van der Waals surface area contributed by atoms with Gasteiger partial charge in [0.25, 0.3) is 0 Å². The van der Waals surface area contributed by atoms with Gasteiger partial charge in [0.1, 0.15) is 52.9 Å². The van der Waals surface area contributed by atoms with Crippen molar-refractivity contribution < 1.29 is 48.3 Å². The van der Waals surface area contributed by atoms with E-state index in [1.807, 2.05) is 0 Å². The van der Waals surface area contributed by atoms with E-state index in [9.17, 15) is 58.8 Å². The molecule has 0 amide bonds. The van der Waals surface area contributed by atoms with Crippen LogP contribution in [0, 0.1) is 121 Å². The molecule has 0 radical (unpaired) electrons. The summed E-state index contributed by atoms with van der Waals surface area (Å²) < 4.78 is 160. The third kappa shape index (κ3) is 4.60. The van der Waals surface area contributed by atoms with Crippen molar-refractivity contribution >= 4 is 17.2 Å². The van der Waals surface area contributed by atoms with Crippen LogP contribution in [0.3, 0.4) is 0 Å². The Hall–Kier alpha value is -6.44. The van der Waals surface area contributed by atoms with Crippen LogP contribution >= 0.6 is 0 Å². The molecule has 45 heavy (non-hydrogen) atoms. The minimum Gasteiger partial charge on any atom is -0.205 e. The summed E-state index contributed by atoms with van der Waals surface area (Å²) in [4.78, 5) is 0. The fourth-order valence-electron chi connectivity index (χ4n) is 4.20. The zero-order chi connectivity index (χ0) is 33.7. The third-order valence-corrected chi connectivity index (χ3v) is 6.31. The van der Waals surface area contributed by atoms with E-state index in [0.29, 0.717) is 0 Å². The van der Waals surface area contributed by atoms with Crippen molar-refractivity contribution in [2.24, 2.45) is 0 Å². The number of nitrogens with zero attached hydrogens (tertiary/aromatic N) is 5. The largest absolute Gasteiger partial charge is 0.205 e. The van der Waals surface area contributed by atoms with E-state index in [1.165, 1.54) is 6.07 Å². The summed E-state index contributed by atoms with van der Waals surface area (Å²) >= 11 is 0. The quantitative estimate of drug-likeness (QED) is 0.173. The lowest BCUT2D eigenvalue weighted by atomic mass is 9.99. The van der Waals surface area contributed by atoms with Crippen molar-refractivity contribution in [3.63, 3.8) is 0 Å². The average Bonchev–Trinajstić information content (AvgIpc) is 3.71. The number of halogens is 11. The SMILES string of the molecule is N#C/C(=C1/C(=C/c2c(F)c(F)c(C#N)c(F)c2F)/C1=C(\C#N)c1c(F)c(F)c(C#N)c(F)c1F)c1cc(F)c(C#N)c(F)c1F. The molecule has 0 aromatic heterocycles. The van der Waals surface area contributed by atoms with Gasteiger partial charge in [-0.15, -0.1) is 0 Å². The predicted molar refractivity (Wildman–Crippen MR) is 126 cm³/mol. The average molecular weight is 629 g/mol.